The SMILES string of the molecule is COc1ccc(C2(CN)CCOCC2)nc1. The summed E-state index contributed by atoms with van der Waals surface area (Å²) in [6, 6.07) is 3.95. The first-order valence-corrected chi connectivity index (χ1v) is 5.59. The minimum atomic E-state index is -0.00940. The Bertz CT molecular complexity index is 331. The number of hydrogen-bond acceptors (Lipinski definition) is 4. The highest BCUT2D eigenvalue weighted by molar-refractivity contribution is 5.25. The molecule has 0 bridgehead atoms. The minimum absolute atomic E-state index is 0.00940. The van der Waals surface area contributed by atoms with Crippen molar-refractivity contribution in [2.24, 2.45) is 5.73 Å². The Morgan fingerprint density at radius 2 is 2.19 bits per heavy atom. The van der Waals surface area contributed by atoms with Gasteiger partial charge in [0.15, 0.2) is 0 Å². The predicted molar refractivity (Wildman–Crippen MR) is 61.6 cm³/mol. The fraction of sp³-hybridized carbons (Fsp3) is 0.583. The van der Waals surface area contributed by atoms with E-state index in [-0.39, 0.29) is 5.41 Å². The zero-order valence-electron chi connectivity index (χ0n) is 9.61. The zero-order chi connectivity index (χ0) is 11.4. The summed E-state index contributed by atoms with van der Waals surface area (Å²) in [6.07, 6.45) is 3.65. The second-order valence-corrected chi connectivity index (χ2v) is 4.18. The van der Waals surface area contributed by atoms with Crippen LogP contribution in [0.4, 0.5) is 0 Å². The number of rotatable bonds is 3. The van der Waals surface area contributed by atoms with Crippen LogP contribution in [0.15, 0.2) is 18.3 Å². The van der Waals surface area contributed by atoms with E-state index in [9.17, 15) is 0 Å². The number of pyridine rings is 1. The maximum Gasteiger partial charge on any atom is 0.137 e. The lowest BCUT2D eigenvalue weighted by Gasteiger charge is -2.35. The monoisotopic (exact) mass is 222 g/mol. The number of aromatic nitrogens is 1. The fourth-order valence-electron chi connectivity index (χ4n) is 2.14. The molecular weight excluding hydrogens is 204 g/mol. The molecule has 1 aromatic heterocycles. The van der Waals surface area contributed by atoms with Crippen molar-refractivity contribution in [2.45, 2.75) is 18.3 Å². The molecule has 0 saturated carbocycles. The van der Waals surface area contributed by atoms with E-state index >= 15 is 0 Å². The van der Waals surface area contributed by atoms with Crippen molar-refractivity contribution in [3.8, 4) is 5.75 Å². The topological polar surface area (TPSA) is 57.4 Å². The van der Waals surface area contributed by atoms with Gasteiger partial charge in [-0.2, -0.15) is 0 Å². The van der Waals surface area contributed by atoms with E-state index in [4.69, 9.17) is 15.2 Å². The van der Waals surface area contributed by atoms with Crippen molar-refractivity contribution in [3.63, 3.8) is 0 Å². The summed E-state index contributed by atoms with van der Waals surface area (Å²) in [4.78, 5) is 4.46. The van der Waals surface area contributed by atoms with Crippen molar-refractivity contribution in [1.82, 2.24) is 4.98 Å². The Hall–Kier alpha value is -1.13. The van der Waals surface area contributed by atoms with Gasteiger partial charge in [0.2, 0.25) is 0 Å². The minimum Gasteiger partial charge on any atom is -0.495 e. The van der Waals surface area contributed by atoms with Crippen LogP contribution < -0.4 is 10.5 Å². The first-order chi connectivity index (χ1) is 7.80. The van der Waals surface area contributed by atoms with Gasteiger partial charge in [-0.1, -0.05) is 0 Å². The molecule has 0 unspecified atom stereocenters. The summed E-state index contributed by atoms with van der Waals surface area (Å²) in [5, 5.41) is 0. The summed E-state index contributed by atoms with van der Waals surface area (Å²) in [6.45, 7) is 2.16. The van der Waals surface area contributed by atoms with Gasteiger partial charge < -0.3 is 15.2 Å². The van der Waals surface area contributed by atoms with Crippen LogP contribution in [-0.4, -0.2) is 31.9 Å². The van der Waals surface area contributed by atoms with Crippen molar-refractivity contribution < 1.29 is 9.47 Å². The Balaban J connectivity index is 2.24. The number of ether oxygens (including phenoxy) is 2. The van der Waals surface area contributed by atoms with Crippen LogP contribution in [0, 0.1) is 0 Å². The van der Waals surface area contributed by atoms with E-state index in [1.54, 1.807) is 13.3 Å². The molecule has 0 spiro atoms. The van der Waals surface area contributed by atoms with E-state index in [0.29, 0.717) is 6.54 Å². The molecule has 1 aliphatic heterocycles. The van der Waals surface area contributed by atoms with Gasteiger partial charge in [-0.05, 0) is 25.0 Å². The first kappa shape index (κ1) is 11.4. The van der Waals surface area contributed by atoms with Gasteiger partial charge in [0, 0.05) is 30.9 Å². The van der Waals surface area contributed by atoms with Crippen LogP contribution in [0.25, 0.3) is 0 Å². The maximum atomic E-state index is 5.91. The summed E-state index contributed by atoms with van der Waals surface area (Å²) in [7, 11) is 1.64. The summed E-state index contributed by atoms with van der Waals surface area (Å²) in [5.41, 5.74) is 6.96. The van der Waals surface area contributed by atoms with Gasteiger partial charge in [0.05, 0.1) is 13.3 Å². The quantitative estimate of drug-likeness (QED) is 0.832. The average Bonchev–Trinajstić information content (AvgIpc) is 2.39. The van der Waals surface area contributed by atoms with Crippen molar-refractivity contribution in [1.29, 1.82) is 0 Å². The van der Waals surface area contributed by atoms with Gasteiger partial charge in [-0.3, -0.25) is 4.98 Å². The van der Waals surface area contributed by atoms with Gasteiger partial charge in [-0.25, -0.2) is 0 Å². The predicted octanol–water partition coefficient (Wildman–Crippen LogP) is 1.10. The third-order valence-electron chi connectivity index (χ3n) is 3.36. The summed E-state index contributed by atoms with van der Waals surface area (Å²) < 4.78 is 10.5. The largest absolute Gasteiger partial charge is 0.495 e. The normalized spacial score (nSPS) is 19.4. The highest BCUT2D eigenvalue weighted by atomic mass is 16.5. The van der Waals surface area contributed by atoms with Crippen LogP contribution in [0.1, 0.15) is 18.5 Å². The van der Waals surface area contributed by atoms with E-state index in [2.05, 4.69) is 4.98 Å². The molecule has 0 radical (unpaired) electrons. The number of hydrogen-bond donors (Lipinski definition) is 1. The maximum absolute atomic E-state index is 5.91. The fourth-order valence-corrected chi connectivity index (χ4v) is 2.14. The average molecular weight is 222 g/mol. The zero-order valence-corrected chi connectivity index (χ0v) is 9.61. The summed E-state index contributed by atoms with van der Waals surface area (Å²) in [5.74, 6) is 0.781. The van der Waals surface area contributed by atoms with Crippen LogP contribution in [0.5, 0.6) is 5.75 Å². The lowest BCUT2D eigenvalue weighted by molar-refractivity contribution is 0.0515. The smallest absolute Gasteiger partial charge is 0.137 e. The van der Waals surface area contributed by atoms with E-state index in [1.165, 1.54) is 0 Å². The molecule has 1 aliphatic rings. The Morgan fingerprint density at radius 3 is 2.69 bits per heavy atom. The van der Waals surface area contributed by atoms with Crippen molar-refractivity contribution in [2.75, 3.05) is 26.9 Å². The Morgan fingerprint density at radius 1 is 1.44 bits per heavy atom. The van der Waals surface area contributed by atoms with E-state index in [0.717, 1.165) is 37.5 Å². The lowest BCUT2D eigenvalue weighted by atomic mass is 9.77. The molecule has 1 aromatic rings. The third-order valence-corrected chi connectivity index (χ3v) is 3.36. The van der Waals surface area contributed by atoms with Gasteiger partial charge >= 0.3 is 0 Å². The Kier molecular flexibility index (Phi) is 3.41. The molecule has 2 N–H and O–H groups in total. The number of nitrogens with two attached hydrogens (primary N) is 1. The molecule has 88 valence electrons. The van der Waals surface area contributed by atoms with Gasteiger partial charge in [0.1, 0.15) is 5.75 Å². The molecule has 0 atom stereocenters. The Labute approximate surface area is 95.8 Å². The number of nitrogens with zero attached hydrogens (tertiary/aromatic N) is 1. The molecule has 2 heterocycles. The second-order valence-electron chi connectivity index (χ2n) is 4.18. The highest BCUT2D eigenvalue weighted by Gasteiger charge is 2.34. The van der Waals surface area contributed by atoms with Crippen molar-refractivity contribution >= 4 is 0 Å². The van der Waals surface area contributed by atoms with Gasteiger partial charge in [-0.15, -0.1) is 0 Å². The van der Waals surface area contributed by atoms with E-state index in [1.807, 2.05) is 12.1 Å². The van der Waals surface area contributed by atoms with Crippen LogP contribution in [-0.2, 0) is 10.2 Å². The number of methoxy groups -OCH3 is 1. The lowest BCUT2D eigenvalue weighted by Crippen LogP contribution is -2.41. The first-order valence-electron chi connectivity index (χ1n) is 5.59. The summed E-state index contributed by atoms with van der Waals surface area (Å²) >= 11 is 0. The van der Waals surface area contributed by atoms with Crippen molar-refractivity contribution in [3.05, 3.63) is 24.0 Å². The van der Waals surface area contributed by atoms with Gasteiger partial charge in [0.25, 0.3) is 0 Å². The van der Waals surface area contributed by atoms with Crippen LogP contribution in [0.2, 0.25) is 0 Å². The molecule has 4 heteroatoms. The molecular formula is C12H18N2O2. The molecule has 1 fully saturated rings. The van der Waals surface area contributed by atoms with Crippen LogP contribution in [0.3, 0.4) is 0 Å². The molecule has 0 amide bonds. The second kappa shape index (κ2) is 4.80. The molecule has 0 aromatic carbocycles. The third kappa shape index (κ3) is 2.03. The molecule has 16 heavy (non-hydrogen) atoms. The molecule has 0 aliphatic carbocycles. The van der Waals surface area contributed by atoms with E-state index < -0.39 is 0 Å². The standard InChI is InChI=1S/C12H18N2O2/c1-15-10-2-3-11(14-8-10)12(9-13)4-6-16-7-5-12/h2-3,8H,4-7,9,13H2,1H3. The molecule has 2 rings (SSSR count). The van der Waals surface area contributed by atoms with Crippen LogP contribution >= 0.6 is 0 Å². The molecule has 1 saturated heterocycles. The highest BCUT2D eigenvalue weighted by Crippen LogP contribution is 2.32. The molecule has 4 nitrogen and oxygen atoms in total.